The molecule has 1 fully saturated rings. The van der Waals surface area contributed by atoms with E-state index in [1.807, 2.05) is 13.0 Å². The van der Waals surface area contributed by atoms with Gasteiger partial charge in [0.1, 0.15) is 11.6 Å². The highest BCUT2D eigenvalue weighted by Gasteiger charge is 2.20. The smallest absolute Gasteiger partial charge is 0.144 e. The summed E-state index contributed by atoms with van der Waals surface area (Å²) in [4.78, 5) is 11.6. The van der Waals surface area contributed by atoms with Crippen LogP contribution in [-0.4, -0.2) is 47.2 Å². The predicted molar refractivity (Wildman–Crippen MR) is 85.5 cm³/mol. The molecule has 0 spiro atoms. The van der Waals surface area contributed by atoms with Gasteiger partial charge in [0.25, 0.3) is 0 Å². The molecule has 1 aromatic heterocycles. The highest BCUT2D eigenvalue weighted by atomic mass is 16.5. The lowest BCUT2D eigenvalue weighted by Crippen LogP contribution is -2.39. The first-order chi connectivity index (χ1) is 10.2. The first-order valence-corrected chi connectivity index (χ1v) is 8.13. The second kappa shape index (κ2) is 8.29. The van der Waals surface area contributed by atoms with E-state index in [-0.39, 0.29) is 0 Å². The van der Waals surface area contributed by atoms with Gasteiger partial charge in [0.15, 0.2) is 0 Å². The molecule has 1 N–H and O–H groups in total. The normalized spacial score (nSPS) is 19.7. The second-order valence-electron chi connectivity index (χ2n) is 5.69. The van der Waals surface area contributed by atoms with E-state index < -0.39 is 0 Å². The third-order valence-corrected chi connectivity index (χ3v) is 3.69. The maximum Gasteiger partial charge on any atom is 0.144 e. The zero-order chi connectivity index (χ0) is 15.1. The molecule has 0 aliphatic carbocycles. The quantitative estimate of drug-likeness (QED) is 0.837. The summed E-state index contributed by atoms with van der Waals surface area (Å²) < 4.78 is 5.76. The van der Waals surface area contributed by atoms with Crippen molar-refractivity contribution in [3.8, 4) is 0 Å². The molecule has 0 amide bonds. The van der Waals surface area contributed by atoms with Gasteiger partial charge in [-0.15, -0.1) is 0 Å². The first-order valence-electron chi connectivity index (χ1n) is 8.13. The van der Waals surface area contributed by atoms with Gasteiger partial charge >= 0.3 is 0 Å². The van der Waals surface area contributed by atoms with Crippen molar-refractivity contribution < 1.29 is 4.74 Å². The van der Waals surface area contributed by atoms with Crippen molar-refractivity contribution in [2.24, 2.45) is 0 Å². The molecule has 5 nitrogen and oxygen atoms in total. The number of aryl methyl sites for hydroxylation is 1. The molecule has 0 aromatic carbocycles. The van der Waals surface area contributed by atoms with Gasteiger partial charge in [-0.1, -0.05) is 6.92 Å². The molecule has 0 saturated carbocycles. The summed E-state index contributed by atoms with van der Waals surface area (Å²) in [7, 11) is 0. The van der Waals surface area contributed by atoms with Crippen molar-refractivity contribution in [2.75, 3.05) is 31.6 Å². The van der Waals surface area contributed by atoms with Crippen LogP contribution in [0.2, 0.25) is 0 Å². The Hall–Kier alpha value is -1.20. The first kappa shape index (κ1) is 16.2. The molecule has 0 radical (unpaired) electrons. The van der Waals surface area contributed by atoms with E-state index >= 15 is 0 Å². The number of rotatable bonds is 7. The van der Waals surface area contributed by atoms with Gasteiger partial charge in [-0.3, -0.25) is 4.90 Å². The third kappa shape index (κ3) is 5.25. The van der Waals surface area contributed by atoms with Crippen LogP contribution in [0.25, 0.3) is 0 Å². The Morgan fingerprint density at radius 2 is 2.24 bits per heavy atom. The molecule has 1 atom stereocenters. The molecule has 5 heteroatoms. The number of anilines is 1. The Labute approximate surface area is 128 Å². The molecule has 1 unspecified atom stereocenters. The van der Waals surface area contributed by atoms with Crippen molar-refractivity contribution in [1.29, 1.82) is 0 Å². The number of nitrogens with zero attached hydrogens (tertiary/aromatic N) is 3. The van der Waals surface area contributed by atoms with Crippen LogP contribution in [-0.2, 0) is 11.3 Å². The molecule has 1 aliphatic heterocycles. The molecule has 1 aliphatic rings. The molecular formula is C16H28N4O. The summed E-state index contributed by atoms with van der Waals surface area (Å²) in [5.74, 6) is 1.85. The van der Waals surface area contributed by atoms with E-state index in [2.05, 4.69) is 34.0 Å². The minimum atomic E-state index is 0.367. The van der Waals surface area contributed by atoms with Gasteiger partial charge in [0.2, 0.25) is 0 Å². The second-order valence-corrected chi connectivity index (χ2v) is 5.69. The van der Waals surface area contributed by atoms with Gasteiger partial charge in [0, 0.05) is 31.5 Å². The van der Waals surface area contributed by atoms with E-state index in [1.54, 1.807) is 0 Å². The van der Waals surface area contributed by atoms with Crippen molar-refractivity contribution >= 4 is 5.82 Å². The Morgan fingerprint density at radius 3 is 3.00 bits per heavy atom. The number of piperidine rings is 1. The molecule has 2 rings (SSSR count). The summed E-state index contributed by atoms with van der Waals surface area (Å²) in [6, 6.07) is 2.01. The van der Waals surface area contributed by atoms with Gasteiger partial charge in [-0.2, -0.15) is 0 Å². The Morgan fingerprint density at radius 1 is 1.38 bits per heavy atom. The van der Waals surface area contributed by atoms with Crippen LogP contribution < -0.4 is 5.32 Å². The molecule has 0 bridgehead atoms. The molecule has 2 heterocycles. The van der Waals surface area contributed by atoms with Crippen LogP contribution in [0.1, 0.15) is 44.6 Å². The summed E-state index contributed by atoms with van der Waals surface area (Å²) in [5.41, 5.74) is 1.02. The summed E-state index contributed by atoms with van der Waals surface area (Å²) in [6.07, 6.45) is 3.83. The van der Waals surface area contributed by atoms with Crippen molar-refractivity contribution in [1.82, 2.24) is 14.9 Å². The van der Waals surface area contributed by atoms with E-state index in [0.717, 1.165) is 56.5 Å². The minimum absolute atomic E-state index is 0.367. The van der Waals surface area contributed by atoms with Crippen LogP contribution in [0.15, 0.2) is 6.07 Å². The summed E-state index contributed by atoms with van der Waals surface area (Å²) >= 11 is 0. The van der Waals surface area contributed by atoms with Crippen molar-refractivity contribution in [3.63, 3.8) is 0 Å². The minimum Gasteiger partial charge on any atom is -0.377 e. The monoisotopic (exact) mass is 292 g/mol. The number of hydrogen-bond acceptors (Lipinski definition) is 5. The summed E-state index contributed by atoms with van der Waals surface area (Å²) in [6.45, 7) is 10.9. The number of ether oxygens (including phenoxy) is 1. The average molecular weight is 292 g/mol. The van der Waals surface area contributed by atoms with Gasteiger partial charge in [-0.05, 0) is 39.7 Å². The van der Waals surface area contributed by atoms with Crippen molar-refractivity contribution in [2.45, 2.75) is 52.7 Å². The Bertz CT molecular complexity index is 436. The molecule has 1 aromatic rings. The number of aromatic nitrogens is 2. The van der Waals surface area contributed by atoms with E-state index in [1.165, 1.54) is 12.8 Å². The standard InChI is InChI=1S/C16H28N4O/c1-4-8-17-15-10-13(3)18-16(19-15)12-20-9-6-7-14(11-20)21-5-2/h10,14H,4-9,11-12H2,1-3H3,(H,17,18,19). The van der Waals surface area contributed by atoms with Crippen LogP contribution in [0.4, 0.5) is 5.82 Å². The Kier molecular flexibility index (Phi) is 6.39. The highest BCUT2D eigenvalue weighted by Crippen LogP contribution is 2.16. The highest BCUT2D eigenvalue weighted by molar-refractivity contribution is 5.35. The number of likely N-dealkylation sites (tertiary alicyclic amines) is 1. The SMILES string of the molecule is CCCNc1cc(C)nc(CN2CCCC(OCC)C2)n1. The average Bonchev–Trinajstić information content (AvgIpc) is 2.45. The molecule has 1 saturated heterocycles. The van der Waals surface area contributed by atoms with Gasteiger partial charge in [-0.25, -0.2) is 9.97 Å². The van der Waals surface area contributed by atoms with Crippen LogP contribution in [0.3, 0.4) is 0 Å². The van der Waals surface area contributed by atoms with E-state index in [4.69, 9.17) is 4.74 Å². The van der Waals surface area contributed by atoms with E-state index in [0.29, 0.717) is 6.10 Å². The molecule has 21 heavy (non-hydrogen) atoms. The van der Waals surface area contributed by atoms with Crippen LogP contribution in [0, 0.1) is 6.92 Å². The largest absolute Gasteiger partial charge is 0.377 e. The van der Waals surface area contributed by atoms with Crippen molar-refractivity contribution in [3.05, 3.63) is 17.6 Å². The topological polar surface area (TPSA) is 50.3 Å². The number of nitrogens with one attached hydrogen (secondary N) is 1. The molecule has 118 valence electrons. The maximum atomic E-state index is 5.76. The predicted octanol–water partition coefficient (Wildman–Crippen LogP) is 2.61. The lowest BCUT2D eigenvalue weighted by atomic mass is 10.1. The van der Waals surface area contributed by atoms with Gasteiger partial charge in [0.05, 0.1) is 12.6 Å². The fraction of sp³-hybridized carbons (Fsp3) is 0.750. The lowest BCUT2D eigenvalue weighted by molar-refractivity contribution is 0.00297. The summed E-state index contributed by atoms with van der Waals surface area (Å²) in [5, 5.41) is 3.35. The van der Waals surface area contributed by atoms with Crippen LogP contribution in [0.5, 0.6) is 0 Å². The van der Waals surface area contributed by atoms with E-state index in [9.17, 15) is 0 Å². The van der Waals surface area contributed by atoms with Gasteiger partial charge < -0.3 is 10.1 Å². The van der Waals surface area contributed by atoms with Crippen LogP contribution >= 0.6 is 0 Å². The zero-order valence-electron chi connectivity index (χ0n) is 13.6. The fourth-order valence-electron chi connectivity index (χ4n) is 2.77. The lowest BCUT2D eigenvalue weighted by Gasteiger charge is -2.31. The number of hydrogen-bond donors (Lipinski definition) is 1. The Balaban J connectivity index is 1.96. The fourth-order valence-corrected chi connectivity index (χ4v) is 2.77. The third-order valence-electron chi connectivity index (χ3n) is 3.69. The maximum absolute atomic E-state index is 5.76. The zero-order valence-corrected chi connectivity index (χ0v) is 13.6. The molecular weight excluding hydrogens is 264 g/mol.